The molecule has 1 heterocycles. The summed E-state index contributed by atoms with van der Waals surface area (Å²) in [7, 11) is 1.55. The van der Waals surface area contributed by atoms with Gasteiger partial charge < -0.3 is 15.4 Å². The third-order valence-corrected chi connectivity index (χ3v) is 4.21. The largest absolute Gasteiger partial charge is 0.374 e. The van der Waals surface area contributed by atoms with Gasteiger partial charge in [0.1, 0.15) is 11.9 Å². The first kappa shape index (κ1) is 17.1. The second-order valence-corrected chi connectivity index (χ2v) is 6.16. The smallest absolute Gasteiger partial charge is 0.313 e. The maximum absolute atomic E-state index is 12.8. The molecule has 1 unspecified atom stereocenters. The molecule has 0 bridgehead atoms. The number of hydrogen-bond acceptors (Lipinski definition) is 4. The Bertz CT molecular complexity index is 685. The number of amides is 2. The van der Waals surface area contributed by atoms with Crippen LogP contribution in [0.5, 0.6) is 0 Å². The summed E-state index contributed by atoms with van der Waals surface area (Å²) in [6, 6.07) is 9.06. The second kappa shape index (κ2) is 7.85. The Hall–Kier alpha value is -2.25. The molecule has 23 heavy (non-hydrogen) atoms. The van der Waals surface area contributed by atoms with Crippen LogP contribution >= 0.6 is 11.3 Å². The highest BCUT2D eigenvalue weighted by molar-refractivity contribution is 7.12. The van der Waals surface area contributed by atoms with Gasteiger partial charge >= 0.3 is 11.8 Å². The van der Waals surface area contributed by atoms with Crippen molar-refractivity contribution in [2.24, 2.45) is 0 Å². The van der Waals surface area contributed by atoms with Crippen molar-refractivity contribution in [3.63, 3.8) is 0 Å². The molecule has 2 amide bonds. The molecule has 2 aromatic rings. The summed E-state index contributed by atoms with van der Waals surface area (Å²) in [5.74, 6) is -2.00. The fraction of sp³-hybridized carbons (Fsp3) is 0.250. The molecule has 2 N–H and O–H groups in total. The number of halogens is 1. The van der Waals surface area contributed by atoms with Crippen LogP contribution in [0.25, 0.3) is 0 Å². The van der Waals surface area contributed by atoms with E-state index in [1.807, 2.05) is 19.1 Å². The lowest BCUT2D eigenvalue weighted by Gasteiger charge is -2.14. The first-order chi connectivity index (χ1) is 11.0. The highest BCUT2D eigenvalue weighted by atomic mass is 32.1. The van der Waals surface area contributed by atoms with Crippen molar-refractivity contribution < 1.29 is 18.7 Å². The Balaban J connectivity index is 1.87. The molecule has 0 saturated carbocycles. The maximum Gasteiger partial charge on any atom is 0.313 e. The number of carbonyl (C=O) groups excluding carboxylic acids is 2. The first-order valence-corrected chi connectivity index (χ1v) is 7.75. The monoisotopic (exact) mass is 336 g/mol. The van der Waals surface area contributed by atoms with E-state index in [2.05, 4.69) is 10.6 Å². The normalized spacial score (nSPS) is 11.8. The summed E-state index contributed by atoms with van der Waals surface area (Å²) in [5.41, 5.74) is 0.351. The number of benzene rings is 1. The van der Waals surface area contributed by atoms with Crippen molar-refractivity contribution in [3.8, 4) is 0 Å². The van der Waals surface area contributed by atoms with Gasteiger partial charge in [0.25, 0.3) is 0 Å². The van der Waals surface area contributed by atoms with E-state index in [-0.39, 0.29) is 12.6 Å². The number of rotatable bonds is 5. The zero-order chi connectivity index (χ0) is 16.8. The summed E-state index contributed by atoms with van der Waals surface area (Å²) in [6.07, 6.45) is -0.309. The summed E-state index contributed by atoms with van der Waals surface area (Å²) in [4.78, 5) is 25.7. The third kappa shape index (κ3) is 4.87. The Morgan fingerprint density at radius 1 is 1.17 bits per heavy atom. The number of ether oxygens (including phenoxy) is 1. The Morgan fingerprint density at radius 3 is 2.43 bits per heavy atom. The maximum atomic E-state index is 12.8. The van der Waals surface area contributed by atoms with Crippen molar-refractivity contribution in [1.29, 1.82) is 0 Å². The number of aryl methyl sites for hydroxylation is 1. The molecular weight excluding hydrogens is 319 g/mol. The summed E-state index contributed by atoms with van der Waals surface area (Å²) in [6.45, 7) is 2.17. The van der Waals surface area contributed by atoms with E-state index in [0.717, 1.165) is 9.75 Å². The molecular formula is C16H17FN2O3S. The summed E-state index contributed by atoms with van der Waals surface area (Å²) in [5, 5.41) is 4.93. The van der Waals surface area contributed by atoms with Gasteiger partial charge in [0.15, 0.2) is 0 Å². The van der Waals surface area contributed by atoms with Gasteiger partial charge in [0, 0.05) is 29.1 Å². The second-order valence-electron chi connectivity index (χ2n) is 4.84. The fourth-order valence-electron chi connectivity index (χ4n) is 1.91. The Labute approximate surface area is 137 Å². The van der Waals surface area contributed by atoms with Crippen molar-refractivity contribution >= 4 is 28.8 Å². The molecule has 7 heteroatoms. The van der Waals surface area contributed by atoms with Gasteiger partial charge in [-0.05, 0) is 43.3 Å². The molecule has 122 valence electrons. The molecule has 0 aliphatic rings. The van der Waals surface area contributed by atoms with Crippen LogP contribution < -0.4 is 10.6 Å². The zero-order valence-electron chi connectivity index (χ0n) is 12.8. The predicted molar refractivity (Wildman–Crippen MR) is 86.8 cm³/mol. The average Bonchev–Trinajstić information content (AvgIpc) is 2.96. The molecule has 0 aliphatic carbocycles. The van der Waals surface area contributed by atoms with Gasteiger partial charge in [0.05, 0.1) is 0 Å². The molecule has 0 radical (unpaired) electrons. The van der Waals surface area contributed by atoms with Crippen LogP contribution in [-0.4, -0.2) is 25.5 Å². The lowest BCUT2D eigenvalue weighted by Crippen LogP contribution is -2.37. The lowest BCUT2D eigenvalue weighted by molar-refractivity contribution is -0.136. The van der Waals surface area contributed by atoms with Crippen LogP contribution in [0.1, 0.15) is 15.9 Å². The van der Waals surface area contributed by atoms with E-state index >= 15 is 0 Å². The number of nitrogens with one attached hydrogen (secondary N) is 2. The van der Waals surface area contributed by atoms with E-state index in [4.69, 9.17) is 4.74 Å². The quantitative estimate of drug-likeness (QED) is 0.825. The standard InChI is InChI=1S/C16H17FN2O3S/c1-10-3-8-14(23-10)13(22-2)9-18-15(20)16(21)19-12-6-4-11(17)5-7-12/h3-8,13H,9H2,1-2H3,(H,18,20)(H,19,21). The van der Waals surface area contributed by atoms with E-state index in [1.165, 1.54) is 24.3 Å². The van der Waals surface area contributed by atoms with Crippen LogP contribution in [-0.2, 0) is 14.3 Å². The highest BCUT2D eigenvalue weighted by Gasteiger charge is 2.18. The summed E-state index contributed by atoms with van der Waals surface area (Å²) >= 11 is 1.57. The van der Waals surface area contributed by atoms with E-state index in [0.29, 0.717) is 5.69 Å². The van der Waals surface area contributed by atoms with Gasteiger partial charge in [-0.25, -0.2) is 4.39 Å². The lowest BCUT2D eigenvalue weighted by atomic mass is 10.2. The minimum absolute atomic E-state index is 0.187. The van der Waals surface area contributed by atoms with Crippen molar-refractivity contribution in [2.45, 2.75) is 13.0 Å². The number of methoxy groups -OCH3 is 1. The molecule has 1 aromatic carbocycles. The van der Waals surface area contributed by atoms with Crippen molar-refractivity contribution in [2.75, 3.05) is 19.0 Å². The Kier molecular flexibility index (Phi) is 5.84. The van der Waals surface area contributed by atoms with Gasteiger partial charge in [-0.3, -0.25) is 9.59 Å². The molecule has 0 saturated heterocycles. The topological polar surface area (TPSA) is 67.4 Å². The first-order valence-electron chi connectivity index (χ1n) is 6.93. The number of carbonyl (C=O) groups is 2. The van der Waals surface area contributed by atoms with Crippen LogP contribution in [0, 0.1) is 12.7 Å². The van der Waals surface area contributed by atoms with E-state index in [1.54, 1.807) is 18.4 Å². The zero-order valence-corrected chi connectivity index (χ0v) is 13.6. The van der Waals surface area contributed by atoms with Crippen molar-refractivity contribution in [1.82, 2.24) is 5.32 Å². The molecule has 1 atom stereocenters. The fourth-order valence-corrected chi connectivity index (χ4v) is 2.87. The minimum Gasteiger partial charge on any atom is -0.374 e. The van der Waals surface area contributed by atoms with Gasteiger partial charge in [-0.15, -0.1) is 11.3 Å². The molecule has 0 spiro atoms. The van der Waals surface area contributed by atoms with E-state index in [9.17, 15) is 14.0 Å². The van der Waals surface area contributed by atoms with Crippen molar-refractivity contribution in [3.05, 3.63) is 52.0 Å². The molecule has 2 rings (SSSR count). The van der Waals surface area contributed by atoms with Gasteiger partial charge in [-0.2, -0.15) is 0 Å². The van der Waals surface area contributed by atoms with Crippen LogP contribution in [0.3, 0.4) is 0 Å². The molecule has 0 aliphatic heterocycles. The van der Waals surface area contributed by atoms with E-state index < -0.39 is 17.6 Å². The highest BCUT2D eigenvalue weighted by Crippen LogP contribution is 2.24. The van der Waals surface area contributed by atoms with Crippen LogP contribution in [0.15, 0.2) is 36.4 Å². The number of thiophene rings is 1. The molecule has 0 fully saturated rings. The summed E-state index contributed by atoms with van der Waals surface area (Å²) < 4.78 is 18.1. The number of anilines is 1. The third-order valence-electron chi connectivity index (χ3n) is 3.12. The van der Waals surface area contributed by atoms with Crippen LogP contribution in [0.2, 0.25) is 0 Å². The van der Waals surface area contributed by atoms with Gasteiger partial charge in [0.2, 0.25) is 0 Å². The SMILES string of the molecule is COC(CNC(=O)C(=O)Nc1ccc(F)cc1)c1ccc(C)s1. The Morgan fingerprint density at radius 2 is 1.87 bits per heavy atom. The average molecular weight is 336 g/mol. The molecule has 5 nitrogen and oxygen atoms in total. The minimum atomic E-state index is -0.811. The number of hydrogen-bond donors (Lipinski definition) is 2. The predicted octanol–water partition coefficient (Wildman–Crippen LogP) is 2.64. The van der Waals surface area contributed by atoms with Gasteiger partial charge in [-0.1, -0.05) is 0 Å². The van der Waals surface area contributed by atoms with Crippen LogP contribution in [0.4, 0.5) is 10.1 Å². The molecule has 1 aromatic heterocycles.